The number of anilines is 1. The molecule has 0 saturated carbocycles. The molecule has 1 atom stereocenters. The summed E-state index contributed by atoms with van der Waals surface area (Å²) >= 11 is 0. The van der Waals surface area contributed by atoms with Crippen molar-refractivity contribution in [1.29, 1.82) is 0 Å². The average molecular weight is 650 g/mol. The third-order valence-corrected chi connectivity index (χ3v) is 8.94. The van der Waals surface area contributed by atoms with E-state index < -0.39 is 6.09 Å². The Balaban J connectivity index is 0.919. The number of aromatic nitrogens is 2. The summed E-state index contributed by atoms with van der Waals surface area (Å²) in [5.41, 5.74) is 3.38. The first kappa shape index (κ1) is 33.0. The van der Waals surface area contributed by atoms with E-state index in [-0.39, 0.29) is 17.9 Å². The van der Waals surface area contributed by atoms with Gasteiger partial charge in [0.1, 0.15) is 17.6 Å². The van der Waals surface area contributed by atoms with Crippen LogP contribution in [-0.2, 0) is 6.54 Å². The monoisotopic (exact) mass is 649 g/mol. The molecule has 10 nitrogen and oxygen atoms in total. The number of ether oxygens (including phenoxy) is 3. The molecule has 0 spiro atoms. The van der Waals surface area contributed by atoms with Crippen LogP contribution in [0.25, 0.3) is 0 Å². The second kappa shape index (κ2) is 15.8. The van der Waals surface area contributed by atoms with E-state index in [1.807, 2.05) is 67.6 Å². The van der Waals surface area contributed by atoms with Crippen molar-refractivity contribution in [2.24, 2.45) is 0 Å². The molecule has 0 aliphatic carbocycles. The summed E-state index contributed by atoms with van der Waals surface area (Å²) in [4.78, 5) is 38.4. The van der Waals surface area contributed by atoms with Crippen LogP contribution in [0.5, 0.6) is 23.3 Å². The summed E-state index contributed by atoms with van der Waals surface area (Å²) in [6.07, 6.45) is 9.13. The summed E-state index contributed by atoms with van der Waals surface area (Å²) in [6, 6.07) is 22.9. The molecule has 10 heteroatoms. The fourth-order valence-electron chi connectivity index (χ4n) is 6.17. The van der Waals surface area contributed by atoms with Crippen molar-refractivity contribution in [3.63, 3.8) is 0 Å². The molecule has 4 aromatic rings. The molecule has 2 aromatic carbocycles. The topological polar surface area (TPSA) is 106 Å². The van der Waals surface area contributed by atoms with Gasteiger partial charge in [0, 0.05) is 62.4 Å². The Labute approximate surface area is 282 Å². The van der Waals surface area contributed by atoms with Gasteiger partial charge in [-0.3, -0.25) is 9.69 Å². The molecule has 2 aromatic heterocycles. The number of carbonyl (C=O) groups is 2. The lowest BCUT2D eigenvalue weighted by Crippen LogP contribution is -2.43. The molecule has 2 amide bonds. The van der Waals surface area contributed by atoms with Gasteiger partial charge in [-0.2, -0.15) is 0 Å². The van der Waals surface area contributed by atoms with Gasteiger partial charge in [-0.1, -0.05) is 31.5 Å². The van der Waals surface area contributed by atoms with E-state index in [0.717, 1.165) is 24.4 Å². The van der Waals surface area contributed by atoms with E-state index in [2.05, 4.69) is 27.1 Å². The van der Waals surface area contributed by atoms with Gasteiger partial charge in [-0.25, -0.2) is 14.8 Å². The molecule has 1 unspecified atom stereocenters. The van der Waals surface area contributed by atoms with Crippen molar-refractivity contribution in [1.82, 2.24) is 19.8 Å². The van der Waals surface area contributed by atoms with Gasteiger partial charge in [0.25, 0.3) is 5.91 Å². The Morgan fingerprint density at radius 3 is 2.23 bits per heavy atom. The van der Waals surface area contributed by atoms with Crippen molar-refractivity contribution >= 4 is 17.7 Å². The van der Waals surface area contributed by atoms with E-state index in [1.54, 1.807) is 23.2 Å². The number of amides is 2. The van der Waals surface area contributed by atoms with E-state index in [1.165, 1.54) is 37.4 Å². The predicted molar refractivity (Wildman–Crippen MR) is 184 cm³/mol. The van der Waals surface area contributed by atoms with Crippen LogP contribution in [0.4, 0.5) is 10.5 Å². The first-order chi connectivity index (χ1) is 23.4. The summed E-state index contributed by atoms with van der Waals surface area (Å²) in [5.74, 6) is 1.92. The smallest absolute Gasteiger partial charge is 0.416 e. The van der Waals surface area contributed by atoms with E-state index in [4.69, 9.17) is 14.2 Å². The van der Waals surface area contributed by atoms with Crippen LogP contribution in [0.15, 0.2) is 85.2 Å². The van der Waals surface area contributed by atoms with Gasteiger partial charge in [0.15, 0.2) is 0 Å². The van der Waals surface area contributed by atoms with Crippen LogP contribution in [0.1, 0.15) is 66.9 Å². The van der Waals surface area contributed by atoms with Gasteiger partial charge in [-0.15, -0.1) is 0 Å². The normalized spacial score (nSPS) is 17.0. The molecule has 2 aliphatic rings. The lowest BCUT2D eigenvalue weighted by molar-refractivity contribution is 0.0922. The number of rotatable bonds is 10. The van der Waals surface area contributed by atoms with E-state index in [9.17, 15) is 9.59 Å². The molecule has 2 saturated heterocycles. The standard InChI is InChI=1S/C38H43N5O5/c1-3-31-6-4-5-21-43(31)26-28-8-10-29(11-9-28)37(44)41-30-12-18-36(40-25-30)48-38(45)42-22-19-34(20-23-42)46-32-13-15-33(16-14-32)47-35-17-7-27(2)24-39-35/h7-18,24-25,31,34H,3-6,19-23,26H2,1-2H3,(H,41,44). The van der Waals surface area contributed by atoms with Crippen LogP contribution < -0.4 is 19.5 Å². The third-order valence-electron chi connectivity index (χ3n) is 8.94. The van der Waals surface area contributed by atoms with Gasteiger partial charge in [0.2, 0.25) is 11.8 Å². The minimum atomic E-state index is -0.459. The van der Waals surface area contributed by atoms with Gasteiger partial charge >= 0.3 is 6.09 Å². The van der Waals surface area contributed by atoms with Crippen molar-refractivity contribution in [3.05, 3.63) is 102 Å². The molecular weight excluding hydrogens is 606 g/mol. The second-order valence-corrected chi connectivity index (χ2v) is 12.5. The highest BCUT2D eigenvalue weighted by Gasteiger charge is 2.26. The van der Waals surface area contributed by atoms with Gasteiger partial charge in [0.05, 0.1) is 11.9 Å². The quantitative estimate of drug-likeness (QED) is 0.187. The van der Waals surface area contributed by atoms with Crippen LogP contribution in [0.3, 0.4) is 0 Å². The fraction of sp³-hybridized carbons (Fsp3) is 0.368. The van der Waals surface area contributed by atoms with Crippen molar-refractivity contribution in [2.75, 3.05) is 25.0 Å². The van der Waals surface area contributed by atoms with Crippen LogP contribution in [0.2, 0.25) is 0 Å². The first-order valence-corrected chi connectivity index (χ1v) is 16.9. The molecule has 4 heterocycles. The molecule has 48 heavy (non-hydrogen) atoms. The highest BCUT2D eigenvalue weighted by atomic mass is 16.6. The molecule has 0 bridgehead atoms. The number of hydrogen-bond acceptors (Lipinski definition) is 8. The Bertz CT molecular complexity index is 1640. The second-order valence-electron chi connectivity index (χ2n) is 12.5. The van der Waals surface area contributed by atoms with Crippen LogP contribution in [0, 0.1) is 6.92 Å². The molecule has 0 radical (unpaired) electrons. The predicted octanol–water partition coefficient (Wildman–Crippen LogP) is 7.64. The number of likely N-dealkylation sites (tertiary alicyclic amines) is 2. The Morgan fingerprint density at radius 2 is 1.54 bits per heavy atom. The molecule has 6 rings (SSSR count). The Kier molecular flexibility index (Phi) is 10.8. The van der Waals surface area contributed by atoms with Crippen molar-refractivity contribution in [2.45, 2.75) is 71.1 Å². The van der Waals surface area contributed by atoms with E-state index >= 15 is 0 Å². The number of pyridine rings is 2. The number of benzene rings is 2. The van der Waals surface area contributed by atoms with Crippen molar-refractivity contribution in [3.8, 4) is 23.3 Å². The minimum absolute atomic E-state index is 0.0140. The lowest BCUT2D eigenvalue weighted by Gasteiger charge is -2.35. The number of piperidine rings is 2. The van der Waals surface area contributed by atoms with Gasteiger partial charge in [-0.05, 0) is 86.3 Å². The maximum atomic E-state index is 12.9. The average Bonchev–Trinajstić information content (AvgIpc) is 3.12. The zero-order valence-electron chi connectivity index (χ0n) is 27.6. The largest absolute Gasteiger partial charge is 0.490 e. The third kappa shape index (κ3) is 8.89. The molecule has 2 aliphatic heterocycles. The van der Waals surface area contributed by atoms with Gasteiger partial charge < -0.3 is 24.4 Å². The zero-order valence-corrected chi connectivity index (χ0v) is 27.6. The molecule has 250 valence electrons. The molecule has 1 N–H and O–H groups in total. The summed E-state index contributed by atoms with van der Waals surface area (Å²) in [7, 11) is 0. The van der Waals surface area contributed by atoms with E-state index in [0.29, 0.717) is 54.9 Å². The zero-order chi connectivity index (χ0) is 33.3. The highest BCUT2D eigenvalue weighted by Crippen LogP contribution is 2.26. The lowest BCUT2D eigenvalue weighted by atomic mass is 9.99. The highest BCUT2D eigenvalue weighted by molar-refractivity contribution is 6.04. The maximum absolute atomic E-state index is 12.9. The summed E-state index contributed by atoms with van der Waals surface area (Å²) < 4.78 is 17.4. The van der Waals surface area contributed by atoms with Crippen LogP contribution >= 0.6 is 0 Å². The van der Waals surface area contributed by atoms with Crippen LogP contribution in [-0.4, -0.2) is 63.5 Å². The fourth-order valence-corrected chi connectivity index (χ4v) is 6.17. The first-order valence-electron chi connectivity index (χ1n) is 16.9. The maximum Gasteiger partial charge on any atom is 0.416 e. The number of nitrogens with zero attached hydrogens (tertiary/aromatic N) is 4. The Morgan fingerprint density at radius 1 is 0.812 bits per heavy atom. The number of carbonyl (C=O) groups excluding carboxylic acids is 2. The molecule has 2 fully saturated rings. The number of nitrogens with one attached hydrogen (secondary N) is 1. The number of aryl methyl sites for hydroxylation is 1. The summed E-state index contributed by atoms with van der Waals surface area (Å²) in [5, 5.41) is 2.87. The van der Waals surface area contributed by atoms with Crippen molar-refractivity contribution < 1.29 is 23.8 Å². The summed E-state index contributed by atoms with van der Waals surface area (Å²) in [6.45, 7) is 7.30. The number of hydrogen-bond donors (Lipinski definition) is 1. The SMILES string of the molecule is CCC1CCCCN1Cc1ccc(C(=O)Nc2ccc(OC(=O)N3CCC(Oc4ccc(Oc5ccc(C)cn5)cc4)CC3)nc2)cc1. The molecular formula is C38H43N5O5. The Hall–Kier alpha value is -4.96. The minimum Gasteiger partial charge on any atom is -0.490 e.